The zero-order valence-corrected chi connectivity index (χ0v) is 9.19. The molecular weight excluding hydrogens is 228 g/mol. The van der Waals surface area contributed by atoms with Crippen LogP contribution < -0.4 is 5.32 Å². The van der Waals surface area contributed by atoms with Gasteiger partial charge in [0.15, 0.2) is 10.8 Å². The fourth-order valence-electron chi connectivity index (χ4n) is 1.07. The van der Waals surface area contributed by atoms with Crippen molar-refractivity contribution in [1.82, 2.24) is 14.8 Å². The molecule has 0 aliphatic heterocycles. The third kappa shape index (κ3) is 2.14. The fraction of sp³-hybridized carbons (Fsp3) is 0.111. The summed E-state index contributed by atoms with van der Waals surface area (Å²) in [6.45, 7) is 1.37. The van der Waals surface area contributed by atoms with Gasteiger partial charge in [-0.3, -0.25) is 14.9 Å². The Bertz CT molecular complexity index is 517. The van der Waals surface area contributed by atoms with Crippen LogP contribution in [0.4, 0.5) is 5.13 Å². The molecule has 16 heavy (non-hydrogen) atoms. The molecule has 1 N–H and O–H groups in total. The Kier molecular flexibility index (Phi) is 2.78. The number of nitrogens with one attached hydrogen (secondary N) is 1. The summed E-state index contributed by atoms with van der Waals surface area (Å²) in [5.41, 5.74) is 0.186. The minimum absolute atomic E-state index is 0.186. The zero-order chi connectivity index (χ0) is 11.5. The van der Waals surface area contributed by atoms with Crippen LogP contribution in [0.1, 0.15) is 22.2 Å². The number of nitrogens with zero attached hydrogens (tertiary/aromatic N) is 3. The molecule has 0 aromatic carbocycles. The average molecular weight is 236 g/mol. The van der Waals surface area contributed by atoms with E-state index in [-0.39, 0.29) is 17.5 Å². The Labute approximate surface area is 94.9 Å². The molecule has 7 heteroatoms. The number of rotatable bonds is 2. The molecule has 0 spiro atoms. The summed E-state index contributed by atoms with van der Waals surface area (Å²) in [5, 5.41) is 8.65. The predicted molar refractivity (Wildman–Crippen MR) is 58.6 cm³/mol. The molecule has 0 unspecified atom stereocenters. The molecule has 0 atom stereocenters. The lowest BCUT2D eigenvalue weighted by molar-refractivity contribution is 0.0920. The van der Waals surface area contributed by atoms with Crippen LogP contribution in [-0.2, 0) is 0 Å². The highest BCUT2D eigenvalue weighted by Crippen LogP contribution is 2.11. The number of hydrogen-bond acceptors (Lipinski definition) is 5. The van der Waals surface area contributed by atoms with E-state index in [9.17, 15) is 9.59 Å². The van der Waals surface area contributed by atoms with Crippen molar-refractivity contribution in [1.29, 1.82) is 0 Å². The van der Waals surface area contributed by atoms with E-state index in [1.54, 1.807) is 11.6 Å². The van der Waals surface area contributed by atoms with Crippen molar-refractivity contribution < 1.29 is 9.59 Å². The molecule has 0 fully saturated rings. The van der Waals surface area contributed by atoms with E-state index in [1.165, 1.54) is 30.5 Å². The second-order valence-corrected chi connectivity index (χ2v) is 3.85. The molecule has 2 heterocycles. The van der Waals surface area contributed by atoms with Crippen LogP contribution in [0.2, 0.25) is 0 Å². The highest BCUT2D eigenvalue weighted by atomic mass is 32.1. The van der Waals surface area contributed by atoms with Crippen molar-refractivity contribution >= 4 is 28.3 Å². The first-order chi connectivity index (χ1) is 7.66. The van der Waals surface area contributed by atoms with E-state index in [4.69, 9.17) is 0 Å². The number of anilines is 1. The summed E-state index contributed by atoms with van der Waals surface area (Å²) in [6, 6.07) is 1.48. The standard InChI is InChI=1S/C9H8N4O2S/c1-6(14)13-4-2-7(12-13)8(15)11-9-10-3-5-16-9/h2-5H,1H3,(H,10,11,15). The highest BCUT2D eigenvalue weighted by Gasteiger charge is 2.11. The second-order valence-electron chi connectivity index (χ2n) is 2.96. The van der Waals surface area contributed by atoms with Crippen LogP contribution >= 0.6 is 11.3 Å². The number of amides is 1. The van der Waals surface area contributed by atoms with E-state index in [0.717, 1.165) is 4.68 Å². The molecule has 2 aromatic heterocycles. The predicted octanol–water partition coefficient (Wildman–Crippen LogP) is 1.25. The Morgan fingerprint density at radius 3 is 2.88 bits per heavy atom. The maximum atomic E-state index is 11.6. The van der Waals surface area contributed by atoms with Gasteiger partial charge < -0.3 is 0 Å². The van der Waals surface area contributed by atoms with Gasteiger partial charge in [-0.1, -0.05) is 0 Å². The van der Waals surface area contributed by atoms with Gasteiger partial charge in [-0.05, 0) is 6.07 Å². The first-order valence-corrected chi connectivity index (χ1v) is 5.32. The third-order valence-electron chi connectivity index (χ3n) is 1.80. The Morgan fingerprint density at radius 2 is 2.31 bits per heavy atom. The zero-order valence-electron chi connectivity index (χ0n) is 8.38. The van der Waals surface area contributed by atoms with Crippen molar-refractivity contribution in [3.63, 3.8) is 0 Å². The van der Waals surface area contributed by atoms with Crippen LogP contribution in [-0.4, -0.2) is 26.6 Å². The van der Waals surface area contributed by atoms with Crippen LogP contribution in [0.15, 0.2) is 23.8 Å². The Balaban J connectivity index is 2.12. The van der Waals surface area contributed by atoms with Gasteiger partial charge in [0.1, 0.15) is 0 Å². The van der Waals surface area contributed by atoms with Crippen LogP contribution in [0.5, 0.6) is 0 Å². The molecule has 0 aliphatic rings. The van der Waals surface area contributed by atoms with Crippen LogP contribution in [0.25, 0.3) is 0 Å². The average Bonchev–Trinajstić information content (AvgIpc) is 2.86. The van der Waals surface area contributed by atoms with Crippen molar-refractivity contribution in [2.45, 2.75) is 6.92 Å². The van der Waals surface area contributed by atoms with Gasteiger partial charge >= 0.3 is 0 Å². The van der Waals surface area contributed by atoms with Gasteiger partial charge in [-0.15, -0.1) is 11.3 Å². The van der Waals surface area contributed by atoms with Crippen molar-refractivity contribution in [2.24, 2.45) is 0 Å². The molecular formula is C9H8N4O2S. The number of aromatic nitrogens is 3. The minimum Gasteiger partial charge on any atom is -0.296 e. The van der Waals surface area contributed by atoms with Crippen LogP contribution in [0, 0.1) is 0 Å². The lowest BCUT2D eigenvalue weighted by atomic mass is 10.4. The molecule has 0 aliphatic carbocycles. The summed E-state index contributed by atoms with van der Waals surface area (Å²) < 4.78 is 1.11. The van der Waals surface area contributed by atoms with Gasteiger partial charge in [0, 0.05) is 24.7 Å². The van der Waals surface area contributed by atoms with Gasteiger partial charge in [0.25, 0.3) is 5.91 Å². The van der Waals surface area contributed by atoms with E-state index in [0.29, 0.717) is 5.13 Å². The Morgan fingerprint density at radius 1 is 1.50 bits per heavy atom. The van der Waals surface area contributed by atoms with E-state index in [1.807, 2.05) is 0 Å². The molecule has 2 aromatic rings. The lowest BCUT2D eigenvalue weighted by Gasteiger charge is -1.97. The quantitative estimate of drug-likeness (QED) is 0.851. The molecule has 0 bridgehead atoms. The molecule has 0 radical (unpaired) electrons. The summed E-state index contributed by atoms with van der Waals surface area (Å²) in [4.78, 5) is 26.5. The number of carbonyl (C=O) groups excluding carboxylic acids is 2. The normalized spacial score (nSPS) is 10.1. The number of hydrogen-bond donors (Lipinski definition) is 1. The summed E-state index contributed by atoms with van der Waals surface area (Å²) in [6.07, 6.45) is 3.04. The molecule has 6 nitrogen and oxygen atoms in total. The molecule has 2 rings (SSSR count). The molecule has 0 saturated heterocycles. The second kappa shape index (κ2) is 4.23. The van der Waals surface area contributed by atoms with E-state index in [2.05, 4.69) is 15.4 Å². The van der Waals surface area contributed by atoms with Crippen LogP contribution in [0.3, 0.4) is 0 Å². The summed E-state index contributed by atoms with van der Waals surface area (Å²) in [5.74, 6) is -0.622. The van der Waals surface area contributed by atoms with Gasteiger partial charge in [-0.25, -0.2) is 9.67 Å². The van der Waals surface area contributed by atoms with E-state index < -0.39 is 0 Å². The highest BCUT2D eigenvalue weighted by molar-refractivity contribution is 7.13. The van der Waals surface area contributed by atoms with Gasteiger partial charge in [0.05, 0.1) is 0 Å². The molecule has 0 saturated carbocycles. The molecule has 82 valence electrons. The maximum Gasteiger partial charge on any atom is 0.277 e. The largest absolute Gasteiger partial charge is 0.296 e. The van der Waals surface area contributed by atoms with Crippen molar-refractivity contribution in [3.05, 3.63) is 29.5 Å². The first kappa shape index (κ1) is 10.5. The van der Waals surface area contributed by atoms with Gasteiger partial charge in [0.2, 0.25) is 5.91 Å². The smallest absolute Gasteiger partial charge is 0.277 e. The Hall–Kier alpha value is -2.02. The third-order valence-corrected chi connectivity index (χ3v) is 2.49. The SMILES string of the molecule is CC(=O)n1ccc(C(=O)Nc2nccs2)n1. The van der Waals surface area contributed by atoms with Gasteiger partial charge in [-0.2, -0.15) is 5.10 Å². The summed E-state index contributed by atoms with van der Waals surface area (Å²) >= 11 is 1.31. The lowest BCUT2D eigenvalue weighted by Crippen LogP contribution is -2.14. The maximum absolute atomic E-state index is 11.6. The molecule has 1 amide bonds. The van der Waals surface area contributed by atoms with Crippen molar-refractivity contribution in [3.8, 4) is 0 Å². The number of thiazole rings is 1. The monoisotopic (exact) mass is 236 g/mol. The van der Waals surface area contributed by atoms with E-state index >= 15 is 0 Å². The first-order valence-electron chi connectivity index (χ1n) is 4.44. The minimum atomic E-state index is -0.380. The van der Waals surface area contributed by atoms with Crippen molar-refractivity contribution in [2.75, 3.05) is 5.32 Å². The fourth-order valence-corrected chi connectivity index (χ4v) is 1.59. The number of carbonyl (C=O) groups is 2. The summed E-state index contributed by atoms with van der Waals surface area (Å²) in [7, 11) is 0. The topological polar surface area (TPSA) is 76.9 Å².